The monoisotopic (exact) mass is 584 g/mol. The minimum Gasteiger partial charge on any atom is -0.494 e. The predicted molar refractivity (Wildman–Crippen MR) is 155 cm³/mol. The van der Waals surface area contributed by atoms with Crippen LogP contribution in [0.2, 0.25) is 0 Å². The van der Waals surface area contributed by atoms with E-state index in [0.717, 1.165) is 11.3 Å². The van der Waals surface area contributed by atoms with Crippen LogP contribution in [0.15, 0.2) is 114 Å². The third-order valence-corrected chi connectivity index (χ3v) is 8.41. The Bertz CT molecular complexity index is 1700. The Balaban J connectivity index is 1.39. The summed E-state index contributed by atoms with van der Waals surface area (Å²) in [5.74, 6) is -1.28. The Kier molecular flexibility index (Phi) is 7.40. The number of rotatable bonds is 9. The van der Waals surface area contributed by atoms with Gasteiger partial charge in [0.05, 0.1) is 24.0 Å². The van der Waals surface area contributed by atoms with E-state index in [1.165, 1.54) is 23.3 Å². The molecule has 10 heteroatoms. The summed E-state index contributed by atoms with van der Waals surface area (Å²) in [6.45, 7) is 2.56. The average molecular weight is 585 g/mol. The zero-order chi connectivity index (χ0) is 29.3. The number of hydrogen-bond acceptors (Lipinski definition) is 8. The van der Waals surface area contributed by atoms with Crippen molar-refractivity contribution in [2.24, 2.45) is 5.92 Å². The van der Waals surface area contributed by atoms with Crippen LogP contribution in [-0.4, -0.2) is 32.9 Å². The Morgan fingerprint density at radius 2 is 1.40 bits per heavy atom. The number of benzene rings is 4. The molecule has 0 N–H and O–H groups in total. The lowest BCUT2D eigenvalue weighted by atomic mass is 9.90. The molecule has 4 aromatic rings. The number of amides is 2. The molecule has 2 heterocycles. The van der Waals surface area contributed by atoms with E-state index in [-0.39, 0.29) is 10.6 Å². The van der Waals surface area contributed by atoms with Crippen LogP contribution in [-0.2, 0) is 24.5 Å². The lowest BCUT2D eigenvalue weighted by Gasteiger charge is -2.29. The third kappa shape index (κ3) is 4.99. The standard InChI is InChI=1S/C32H28N2O7S/c1-2-21-39-24-19-17-22(18-20-24)33-31(35)28-29(34(40-30(28)32(33)36)23-11-5-3-6-12-23)26-15-9-10-16-27(26)41-42(37,38)25-13-7-4-8-14-25/h3-20,28-30H,2,21H2,1H3/t28-,29+,30+/m0/s1. The van der Waals surface area contributed by atoms with Gasteiger partial charge in [0.25, 0.3) is 5.91 Å². The van der Waals surface area contributed by atoms with Crippen molar-refractivity contribution in [1.82, 2.24) is 0 Å². The fourth-order valence-electron chi connectivity index (χ4n) is 5.25. The number of hydrogen-bond donors (Lipinski definition) is 0. The van der Waals surface area contributed by atoms with Gasteiger partial charge in [-0.25, -0.2) is 9.96 Å². The summed E-state index contributed by atoms with van der Waals surface area (Å²) in [6, 6.07) is 29.3. The van der Waals surface area contributed by atoms with E-state index in [0.29, 0.717) is 29.3 Å². The number of ether oxygens (including phenoxy) is 1. The molecule has 6 rings (SSSR count). The number of carbonyl (C=O) groups excluding carboxylic acids is 2. The molecule has 2 amide bonds. The summed E-state index contributed by atoms with van der Waals surface area (Å²) in [4.78, 5) is 35.1. The summed E-state index contributed by atoms with van der Waals surface area (Å²) in [5.41, 5.74) is 1.38. The second kappa shape index (κ2) is 11.3. The van der Waals surface area contributed by atoms with Crippen LogP contribution in [0, 0.1) is 5.92 Å². The maximum absolute atomic E-state index is 14.0. The lowest BCUT2D eigenvalue weighted by Crippen LogP contribution is -2.37. The van der Waals surface area contributed by atoms with Crippen LogP contribution in [0.3, 0.4) is 0 Å². The highest BCUT2D eigenvalue weighted by molar-refractivity contribution is 7.87. The van der Waals surface area contributed by atoms with E-state index >= 15 is 0 Å². The highest BCUT2D eigenvalue weighted by Gasteiger charge is 2.60. The van der Waals surface area contributed by atoms with E-state index in [1.54, 1.807) is 72.8 Å². The first kappa shape index (κ1) is 27.5. The summed E-state index contributed by atoms with van der Waals surface area (Å²) in [6.07, 6.45) is -0.277. The zero-order valence-electron chi connectivity index (χ0n) is 22.7. The average Bonchev–Trinajstić information content (AvgIpc) is 3.52. The first-order valence-corrected chi connectivity index (χ1v) is 15.0. The zero-order valence-corrected chi connectivity index (χ0v) is 23.5. The molecule has 0 bridgehead atoms. The van der Waals surface area contributed by atoms with E-state index in [1.807, 2.05) is 25.1 Å². The Hall–Kier alpha value is -4.67. The summed E-state index contributed by atoms with van der Waals surface area (Å²) in [7, 11) is -4.19. The van der Waals surface area contributed by atoms with Crippen LogP contribution >= 0.6 is 0 Å². The topological polar surface area (TPSA) is 102 Å². The maximum atomic E-state index is 14.0. The molecule has 4 aromatic carbocycles. The predicted octanol–water partition coefficient (Wildman–Crippen LogP) is 5.29. The molecular formula is C32H28N2O7S. The molecule has 0 aromatic heterocycles. The molecule has 2 saturated heterocycles. The van der Waals surface area contributed by atoms with Crippen molar-refractivity contribution < 1.29 is 31.8 Å². The number of para-hydroxylation sites is 2. The van der Waals surface area contributed by atoms with Gasteiger partial charge in [-0.15, -0.1) is 0 Å². The molecule has 42 heavy (non-hydrogen) atoms. The van der Waals surface area contributed by atoms with Gasteiger partial charge in [-0.3, -0.25) is 14.4 Å². The molecule has 0 saturated carbocycles. The Morgan fingerprint density at radius 1 is 0.762 bits per heavy atom. The lowest BCUT2D eigenvalue weighted by molar-refractivity contribution is -0.126. The van der Waals surface area contributed by atoms with Gasteiger partial charge in [0, 0.05) is 5.56 Å². The highest BCUT2D eigenvalue weighted by Crippen LogP contribution is 2.49. The van der Waals surface area contributed by atoms with E-state index < -0.39 is 40.0 Å². The van der Waals surface area contributed by atoms with Gasteiger partial charge >= 0.3 is 10.1 Å². The molecule has 9 nitrogen and oxygen atoms in total. The van der Waals surface area contributed by atoms with Crippen molar-refractivity contribution in [3.05, 3.63) is 115 Å². The van der Waals surface area contributed by atoms with Gasteiger partial charge in [-0.1, -0.05) is 61.5 Å². The normalized spacial score (nSPS) is 20.1. The van der Waals surface area contributed by atoms with E-state index in [2.05, 4.69) is 0 Å². The second-order valence-corrected chi connectivity index (χ2v) is 11.4. The van der Waals surface area contributed by atoms with Crippen LogP contribution in [0.1, 0.15) is 24.9 Å². The molecule has 0 unspecified atom stereocenters. The van der Waals surface area contributed by atoms with Gasteiger partial charge in [0.1, 0.15) is 22.3 Å². The van der Waals surface area contributed by atoms with E-state index in [4.69, 9.17) is 13.8 Å². The van der Waals surface area contributed by atoms with Gasteiger partial charge in [-0.05, 0) is 61.0 Å². The van der Waals surface area contributed by atoms with Crippen molar-refractivity contribution >= 4 is 33.3 Å². The molecule has 214 valence electrons. The SMILES string of the molecule is CCCOc1ccc(N2C(=O)[C@H]3[C@@H](c4ccccc4OS(=O)(=O)c4ccccc4)N(c4ccccc4)O[C@H]3C2=O)cc1. The Morgan fingerprint density at radius 3 is 2.10 bits per heavy atom. The molecular weight excluding hydrogens is 556 g/mol. The molecule has 0 radical (unpaired) electrons. The smallest absolute Gasteiger partial charge is 0.339 e. The first-order chi connectivity index (χ1) is 20.4. The fourth-order valence-corrected chi connectivity index (χ4v) is 6.22. The van der Waals surface area contributed by atoms with Crippen LogP contribution in [0.5, 0.6) is 11.5 Å². The maximum Gasteiger partial charge on any atom is 0.339 e. The van der Waals surface area contributed by atoms with Crippen LogP contribution in [0.25, 0.3) is 0 Å². The van der Waals surface area contributed by atoms with Crippen molar-refractivity contribution in [2.75, 3.05) is 16.6 Å². The highest BCUT2D eigenvalue weighted by atomic mass is 32.2. The largest absolute Gasteiger partial charge is 0.494 e. The Labute approximate surface area is 243 Å². The molecule has 2 aliphatic heterocycles. The molecule has 0 aliphatic carbocycles. The van der Waals surface area contributed by atoms with Crippen molar-refractivity contribution in [2.45, 2.75) is 30.4 Å². The second-order valence-electron chi connectivity index (χ2n) is 9.90. The third-order valence-electron chi connectivity index (χ3n) is 7.16. The number of hydroxylamine groups is 1. The van der Waals surface area contributed by atoms with Crippen molar-refractivity contribution in [3.8, 4) is 11.5 Å². The molecule has 2 fully saturated rings. The van der Waals surface area contributed by atoms with Crippen LogP contribution < -0.4 is 18.9 Å². The van der Waals surface area contributed by atoms with Gasteiger partial charge < -0.3 is 8.92 Å². The van der Waals surface area contributed by atoms with Crippen LogP contribution in [0.4, 0.5) is 11.4 Å². The number of anilines is 2. The minimum absolute atomic E-state index is 0.00933. The number of fused-ring (bicyclic) bond motifs is 1. The van der Waals surface area contributed by atoms with Gasteiger partial charge in [-0.2, -0.15) is 8.42 Å². The van der Waals surface area contributed by atoms with Crippen molar-refractivity contribution in [1.29, 1.82) is 0 Å². The van der Waals surface area contributed by atoms with Gasteiger partial charge in [0.2, 0.25) is 5.91 Å². The minimum atomic E-state index is -4.19. The summed E-state index contributed by atoms with van der Waals surface area (Å²) >= 11 is 0. The summed E-state index contributed by atoms with van der Waals surface area (Å²) < 4.78 is 37.7. The first-order valence-electron chi connectivity index (χ1n) is 13.6. The molecule has 3 atom stereocenters. The van der Waals surface area contributed by atoms with Crippen molar-refractivity contribution in [3.63, 3.8) is 0 Å². The van der Waals surface area contributed by atoms with E-state index in [9.17, 15) is 18.0 Å². The fraction of sp³-hybridized carbons (Fsp3) is 0.188. The van der Waals surface area contributed by atoms with Gasteiger partial charge in [0.15, 0.2) is 6.10 Å². The summed E-state index contributed by atoms with van der Waals surface area (Å²) in [5, 5.41) is 1.50. The molecule has 2 aliphatic rings. The molecule has 0 spiro atoms. The number of carbonyl (C=O) groups is 2. The quantitative estimate of drug-likeness (QED) is 0.193. The number of nitrogens with zero attached hydrogens (tertiary/aromatic N) is 2. The number of imide groups is 1.